The number of aliphatic hydroxyl groups is 2. The Morgan fingerprint density at radius 2 is 2.00 bits per heavy atom. The first-order valence-corrected chi connectivity index (χ1v) is 14.2. The van der Waals surface area contributed by atoms with Crippen molar-refractivity contribution in [3.8, 4) is 11.5 Å². The Labute approximate surface area is 235 Å². The number of phenols is 1. The minimum absolute atomic E-state index is 0.0712. The minimum atomic E-state index is -4.49. The SMILES string of the molecule is CN(C(=O)/C=C/c1cccc(C(F)(F)F)c1)C1CC[C@@]2(O)[C@H]3Cc4ccc(O)c5c4[C@@]2(C(O)CN3CC2CC2)C1O5. The third kappa shape index (κ3) is 3.79. The molecule has 2 saturated carbocycles. The smallest absolute Gasteiger partial charge is 0.416 e. The predicted octanol–water partition coefficient (Wildman–Crippen LogP) is 3.49. The molecule has 1 spiro atoms. The van der Waals surface area contributed by atoms with E-state index in [1.807, 2.05) is 6.07 Å². The molecule has 2 aromatic rings. The number of aromatic hydroxyl groups is 1. The van der Waals surface area contributed by atoms with Gasteiger partial charge in [-0.2, -0.15) is 13.2 Å². The summed E-state index contributed by atoms with van der Waals surface area (Å²) in [5.41, 5.74) is -1.55. The molecule has 10 heteroatoms. The van der Waals surface area contributed by atoms with Gasteiger partial charge in [-0.3, -0.25) is 9.69 Å². The maximum atomic E-state index is 13.4. The number of likely N-dealkylation sites (tertiary alicyclic amines) is 1. The van der Waals surface area contributed by atoms with Gasteiger partial charge < -0.3 is 25.0 Å². The van der Waals surface area contributed by atoms with Crippen LogP contribution in [0.15, 0.2) is 42.5 Å². The number of halogens is 3. The number of piperidine rings is 1. The standard InChI is InChI=1S/C31H33F3N2O5/c1-35(25(39)10-7-17-3-2-4-20(13-17)31(32,33)34)21-11-12-29(40)23-14-19-8-9-22(37)27-26(19)30(29,28(21)41-27)24(38)16-36(23)15-18-5-6-18/h2-4,7-10,13,18,21,23-24,28,37-38,40H,5-6,11-12,14-16H2,1H3/b10-7+/t21?,23-,24?,28?,29-,30+/m1/s1. The number of amides is 1. The van der Waals surface area contributed by atoms with Crippen molar-refractivity contribution >= 4 is 12.0 Å². The molecule has 7 nitrogen and oxygen atoms in total. The number of carbonyl (C=O) groups is 1. The van der Waals surface area contributed by atoms with Crippen molar-refractivity contribution in [2.24, 2.45) is 5.92 Å². The Balaban J connectivity index is 1.23. The molecule has 3 aliphatic carbocycles. The normalized spacial score (nSPS) is 33.9. The van der Waals surface area contributed by atoms with Gasteiger partial charge in [-0.15, -0.1) is 0 Å². The molecule has 2 aliphatic heterocycles. The maximum absolute atomic E-state index is 13.4. The monoisotopic (exact) mass is 570 g/mol. The van der Waals surface area contributed by atoms with E-state index in [4.69, 9.17) is 4.74 Å². The molecule has 7 rings (SSSR count). The van der Waals surface area contributed by atoms with Gasteiger partial charge in [0.1, 0.15) is 6.10 Å². The molecule has 2 bridgehead atoms. The van der Waals surface area contributed by atoms with Crippen molar-refractivity contribution in [2.45, 2.75) is 73.6 Å². The van der Waals surface area contributed by atoms with Crippen LogP contribution in [0.2, 0.25) is 0 Å². The van der Waals surface area contributed by atoms with Crippen LogP contribution in [-0.4, -0.2) is 81.1 Å². The summed E-state index contributed by atoms with van der Waals surface area (Å²) in [5.74, 6) is 0.312. The molecule has 41 heavy (non-hydrogen) atoms. The Bertz CT molecular complexity index is 1440. The summed E-state index contributed by atoms with van der Waals surface area (Å²) in [6.07, 6.45) is -0.138. The summed E-state index contributed by atoms with van der Waals surface area (Å²) in [6, 6.07) is 7.39. The predicted molar refractivity (Wildman–Crippen MR) is 143 cm³/mol. The Morgan fingerprint density at radius 3 is 2.73 bits per heavy atom. The van der Waals surface area contributed by atoms with E-state index in [1.165, 1.54) is 29.2 Å². The van der Waals surface area contributed by atoms with E-state index < -0.39 is 46.9 Å². The van der Waals surface area contributed by atoms with Crippen molar-refractivity contribution < 1.29 is 38.0 Å². The van der Waals surface area contributed by atoms with E-state index in [-0.39, 0.29) is 23.1 Å². The summed E-state index contributed by atoms with van der Waals surface area (Å²) in [6.45, 7) is 1.17. The van der Waals surface area contributed by atoms with Crippen molar-refractivity contribution in [3.63, 3.8) is 0 Å². The zero-order chi connectivity index (χ0) is 28.9. The fraction of sp³-hybridized carbons (Fsp3) is 0.516. The average Bonchev–Trinajstić information content (AvgIpc) is 3.67. The lowest BCUT2D eigenvalue weighted by molar-refractivity contribution is -0.236. The highest BCUT2D eigenvalue weighted by Gasteiger charge is 2.76. The molecule has 3 fully saturated rings. The second-order valence-corrected chi connectivity index (χ2v) is 12.4. The molecule has 2 heterocycles. The van der Waals surface area contributed by atoms with Crippen LogP contribution in [0.4, 0.5) is 13.2 Å². The lowest BCUT2D eigenvalue weighted by Crippen LogP contribution is -2.82. The van der Waals surface area contributed by atoms with Crippen LogP contribution >= 0.6 is 0 Å². The van der Waals surface area contributed by atoms with Gasteiger partial charge in [0, 0.05) is 37.8 Å². The number of phenolic OH excluding ortho intramolecular Hbond substituents is 1. The molecular weight excluding hydrogens is 537 g/mol. The highest BCUT2D eigenvalue weighted by molar-refractivity contribution is 5.92. The number of β-amino-alcohol motifs (C(OH)–C–C–N with tert-alkyl or cyclic N) is 1. The largest absolute Gasteiger partial charge is 0.504 e. The number of carbonyl (C=O) groups excluding carboxylic acids is 1. The highest BCUT2D eigenvalue weighted by Crippen LogP contribution is 2.66. The van der Waals surface area contributed by atoms with Crippen LogP contribution in [-0.2, 0) is 22.8 Å². The first-order chi connectivity index (χ1) is 19.4. The molecule has 5 aliphatic rings. The molecule has 0 radical (unpaired) electrons. The molecule has 1 amide bonds. The molecular formula is C31H33F3N2O5. The number of rotatable bonds is 5. The number of hydrogen-bond acceptors (Lipinski definition) is 6. The fourth-order valence-corrected chi connectivity index (χ4v) is 8.17. The van der Waals surface area contributed by atoms with Gasteiger partial charge in [-0.25, -0.2) is 0 Å². The van der Waals surface area contributed by atoms with Crippen molar-refractivity contribution in [1.29, 1.82) is 0 Å². The Hall–Kier alpha value is -3.08. The van der Waals surface area contributed by atoms with Gasteiger partial charge in [0.2, 0.25) is 5.91 Å². The van der Waals surface area contributed by atoms with E-state index in [0.717, 1.165) is 37.1 Å². The van der Waals surface area contributed by atoms with Gasteiger partial charge >= 0.3 is 6.18 Å². The summed E-state index contributed by atoms with van der Waals surface area (Å²) in [5, 5.41) is 35.3. The minimum Gasteiger partial charge on any atom is -0.504 e. The first-order valence-electron chi connectivity index (χ1n) is 14.2. The Kier molecular flexibility index (Phi) is 5.85. The van der Waals surface area contributed by atoms with Crippen LogP contribution in [0.5, 0.6) is 11.5 Å². The average molecular weight is 571 g/mol. The summed E-state index contributed by atoms with van der Waals surface area (Å²) >= 11 is 0. The van der Waals surface area contributed by atoms with Gasteiger partial charge in [-0.05, 0) is 73.4 Å². The number of nitrogens with zero attached hydrogens (tertiary/aromatic N) is 2. The van der Waals surface area contributed by atoms with Gasteiger partial charge in [0.05, 0.1) is 28.7 Å². The van der Waals surface area contributed by atoms with Crippen molar-refractivity contribution in [2.75, 3.05) is 20.1 Å². The van der Waals surface area contributed by atoms with Gasteiger partial charge in [0.25, 0.3) is 0 Å². The van der Waals surface area contributed by atoms with E-state index in [1.54, 1.807) is 13.1 Å². The molecule has 3 N–H and O–H groups in total. The lowest BCUT2D eigenvalue weighted by Gasteiger charge is -2.66. The summed E-state index contributed by atoms with van der Waals surface area (Å²) in [7, 11) is 1.60. The lowest BCUT2D eigenvalue weighted by atomic mass is 9.47. The van der Waals surface area contributed by atoms with Crippen molar-refractivity contribution in [1.82, 2.24) is 9.80 Å². The second-order valence-electron chi connectivity index (χ2n) is 12.4. The van der Waals surface area contributed by atoms with Gasteiger partial charge in [-0.1, -0.05) is 18.2 Å². The third-order valence-corrected chi connectivity index (χ3v) is 10.2. The van der Waals surface area contributed by atoms with Crippen LogP contribution in [0, 0.1) is 5.92 Å². The number of benzene rings is 2. The molecule has 218 valence electrons. The maximum Gasteiger partial charge on any atom is 0.416 e. The van der Waals surface area contributed by atoms with E-state index >= 15 is 0 Å². The number of hydrogen-bond donors (Lipinski definition) is 3. The summed E-state index contributed by atoms with van der Waals surface area (Å²) in [4.78, 5) is 17.1. The van der Waals surface area contributed by atoms with Crippen LogP contribution in [0.25, 0.3) is 6.08 Å². The first kappa shape index (κ1) is 26.8. The van der Waals surface area contributed by atoms with Crippen LogP contribution < -0.4 is 4.74 Å². The highest BCUT2D eigenvalue weighted by atomic mass is 19.4. The Morgan fingerprint density at radius 1 is 1.22 bits per heavy atom. The number of ether oxygens (including phenoxy) is 1. The quantitative estimate of drug-likeness (QED) is 0.477. The van der Waals surface area contributed by atoms with Crippen LogP contribution in [0.3, 0.4) is 0 Å². The van der Waals surface area contributed by atoms with E-state index in [0.29, 0.717) is 37.3 Å². The molecule has 1 saturated heterocycles. The third-order valence-electron chi connectivity index (χ3n) is 10.2. The summed E-state index contributed by atoms with van der Waals surface area (Å²) < 4.78 is 45.9. The molecule has 6 atom stereocenters. The zero-order valence-corrected chi connectivity index (χ0v) is 22.6. The molecule has 3 unspecified atom stereocenters. The number of alkyl halides is 3. The molecule has 0 aromatic heterocycles. The van der Waals surface area contributed by atoms with E-state index in [2.05, 4.69) is 4.90 Å². The van der Waals surface area contributed by atoms with E-state index in [9.17, 15) is 33.3 Å². The fourth-order valence-electron chi connectivity index (χ4n) is 8.17. The second kappa shape index (κ2) is 8.96. The van der Waals surface area contributed by atoms with Crippen LogP contribution in [0.1, 0.15) is 47.9 Å². The van der Waals surface area contributed by atoms with Crippen molar-refractivity contribution in [3.05, 3.63) is 64.7 Å². The topological polar surface area (TPSA) is 93.5 Å². The molecule has 2 aromatic carbocycles. The number of aliphatic hydroxyl groups excluding tert-OH is 1. The number of likely N-dealkylation sites (N-methyl/N-ethyl adjacent to an activating group) is 1. The zero-order valence-electron chi connectivity index (χ0n) is 22.6. The van der Waals surface area contributed by atoms with Gasteiger partial charge in [0.15, 0.2) is 11.5 Å².